The highest BCUT2D eigenvalue weighted by molar-refractivity contribution is 5.94. The molecule has 2 aromatic carbocycles. The number of aliphatic carboxylic acids is 1. The van der Waals surface area contributed by atoms with Crippen LogP contribution in [-0.2, 0) is 14.3 Å². The van der Waals surface area contributed by atoms with Gasteiger partial charge in [-0.2, -0.15) is 0 Å². The fraction of sp³-hybridized carbons (Fsp3) is 0.292. The van der Waals surface area contributed by atoms with E-state index in [4.69, 9.17) is 16.3 Å². The van der Waals surface area contributed by atoms with E-state index in [9.17, 15) is 14.4 Å². The maximum Gasteiger partial charge on any atom is 0.408 e. The molecule has 0 aromatic heterocycles. The van der Waals surface area contributed by atoms with Crippen molar-refractivity contribution < 1.29 is 24.2 Å². The zero-order valence-electron chi connectivity index (χ0n) is 16.8. The summed E-state index contributed by atoms with van der Waals surface area (Å²) in [6, 6.07) is 16.0. The molecular formula is C24H22N2O5. The van der Waals surface area contributed by atoms with Crippen LogP contribution in [0.4, 0.5) is 4.79 Å². The van der Waals surface area contributed by atoms with E-state index in [1.807, 2.05) is 36.4 Å². The third-order valence-electron chi connectivity index (χ3n) is 5.74. The molecule has 2 aliphatic rings. The number of alkyl carbamates (subject to hydrolysis) is 1. The average Bonchev–Trinajstić information content (AvgIpc) is 3.46. The summed E-state index contributed by atoms with van der Waals surface area (Å²) in [6.07, 6.45) is 5.38. The standard InChI is InChI=1S/C24H22N2O5/c1-2-13-26(14-21(27)28)22(29)24(11-12-24)25-23(30)31-15-20-18-9-5-3-7-16(18)17-8-4-6-10-19(17)20/h1,3-10,20H,11-15H2,(H,25,30)(H,27,28). The molecule has 0 unspecified atom stereocenters. The Morgan fingerprint density at radius 3 is 2.19 bits per heavy atom. The maximum atomic E-state index is 12.8. The van der Waals surface area contributed by atoms with Crippen molar-refractivity contribution in [1.82, 2.24) is 10.2 Å². The normalized spacial score (nSPS) is 15.2. The summed E-state index contributed by atoms with van der Waals surface area (Å²) in [7, 11) is 0. The molecule has 1 saturated carbocycles. The van der Waals surface area contributed by atoms with Gasteiger partial charge in [-0.05, 0) is 35.1 Å². The van der Waals surface area contributed by atoms with Crippen molar-refractivity contribution in [2.45, 2.75) is 24.3 Å². The molecule has 0 heterocycles. The first kappa shape index (κ1) is 20.5. The molecule has 0 bridgehead atoms. The molecule has 2 aliphatic carbocycles. The fourth-order valence-corrected chi connectivity index (χ4v) is 4.12. The Morgan fingerprint density at radius 1 is 1.10 bits per heavy atom. The van der Waals surface area contributed by atoms with Crippen LogP contribution >= 0.6 is 0 Å². The van der Waals surface area contributed by atoms with Gasteiger partial charge in [0.1, 0.15) is 18.7 Å². The van der Waals surface area contributed by atoms with Gasteiger partial charge in [0.2, 0.25) is 5.91 Å². The van der Waals surface area contributed by atoms with Crippen LogP contribution in [0.5, 0.6) is 0 Å². The number of ether oxygens (including phenoxy) is 1. The van der Waals surface area contributed by atoms with Gasteiger partial charge in [-0.25, -0.2) is 4.79 Å². The molecule has 4 rings (SSSR count). The van der Waals surface area contributed by atoms with E-state index in [1.54, 1.807) is 0 Å². The van der Waals surface area contributed by atoms with Crippen molar-refractivity contribution >= 4 is 18.0 Å². The van der Waals surface area contributed by atoms with Crippen LogP contribution in [0.2, 0.25) is 0 Å². The van der Waals surface area contributed by atoms with Crippen LogP contribution in [0, 0.1) is 12.3 Å². The number of nitrogens with one attached hydrogen (secondary N) is 1. The van der Waals surface area contributed by atoms with Crippen LogP contribution in [-0.4, -0.2) is 53.2 Å². The number of nitrogens with zero attached hydrogens (tertiary/aromatic N) is 1. The predicted octanol–water partition coefficient (Wildman–Crippen LogP) is 2.60. The maximum absolute atomic E-state index is 12.8. The summed E-state index contributed by atoms with van der Waals surface area (Å²) in [5.74, 6) is 0.532. The Morgan fingerprint density at radius 2 is 1.68 bits per heavy atom. The zero-order chi connectivity index (χ0) is 22.0. The molecule has 7 heteroatoms. The number of hydrogen-bond acceptors (Lipinski definition) is 4. The topological polar surface area (TPSA) is 95.9 Å². The minimum atomic E-state index is -1.17. The highest BCUT2D eigenvalue weighted by Crippen LogP contribution is 2.44. The lowest BCUT2D eigenvalue weighted by Crippen LogP contribution is -2.52. The molecule has 158 valence electrons. The molecule has 0 spiro atoms. The summed E-state index contributed by atoms with van der Waals surface area (Å²) in [6.45, 7) is -0.524. The van der Waals surface area contributed by atoms with Gasteiger partial charge in [0.25, 0.3) is 0 Å². The van der Waals surface area contributed by atoms with Crippen molar-refractivity contribution in [2.24, 2.45) is 0 Å². The number of terminal acetylenes is 1. The summed E-state index contributed by atoms with van der Waals surface area (Å²) in [5.41, 5.74) is 3.29. The number of hydrogen-bond donors (Lipinski definition) is 2. The molecule has 0 aliphatic heterocycles. The third kappa shape index (κ3) is 3.97. The van der Waals surface area contributed by atoms with Crippen LogP contribution in [0.3, 0.4) is 0 Å². The molecule has 31 heavy (non-hydrogen) atoms. The number of amides is 2. The lowest BCUT2D eigenvalue weighted by Gasteiger charge is -2.25. The van der Waals surface area contributed by atoms with Crippen LogP contribution in [0.1, 0.15) is 29.9 Å². The first-order chi connectivity index (χ1) is 14.9. The van der Waals surface area contributed by atoms with Gasteiger partial charge in [0, 0.05) is 5.92 Å². The van der Waals surface area contributed by atoms with Crippen molar-refractivity contribution in [1.29, 1.82) is 0 Å². The largest absolute Gasteiger partial charge is 0.480 e. The third-order valence-corrected chi connectivity index (χ3v) is 5.74. The Balaban J connectivity index is 1.43. The number of carbonyl (C=O) groups excluding carboxylic acids is 2. The van der Waals surface area contributed by atoms with E-state index in [2.05, 4.69) is 23.4 Å². The molecule has 7 nitrogen and oxygen atoms in total. The Hall–Kier alpha value is -3.79. The van der Waals surface area contributed by atoms with E-state index in [0.29, 0.717) is 12.8 Å². The second kappa shape index (κ2) is 8.15. The van der Waals surface area contributed by atoms with Crippen LogP contribution in [0.15, 0.2) is 48.5 Å². The first-order valence-corrected chi connectivity index (χ1v) is 10.0. The van der Waals surface area contributed by atoms with E-state index >= 15 is 0 Å². The van der Waals surface area contributed by atoms with Crippen molar-refractivity contribution in [3.05, 3.63) is 59.7 Å². The number of rotatable bonds is 7. The van der Waals surface area contributed by atoms with Crippen molar-refractivity contribution in [3.63, 3.8) is 0 Å². The van der Waals surface area contributed by atoms with Crippen LogP contribution < -0.4 is 5.32 Å². The minimum Gasteiger partial charge on any atom is -0.480 e. The summed E-state index contributed by atoms with van der Waals surface area (Å²) >= 11 is 0. The second-order valence-electron chi connectivity index (χ2n) is 7.79. The summed E-state index contributed by atoms with van der Waals surface area (Å²) in [4.78, 5) is 37.4. The SMILES string of the molecule is C#CCN(CC(=O)O)C(=O)C1(NC(=O)OCC2c3ccccc3-c3ccccc32)CC1. The number of carboxylic acids is 1. The van der Waals surface area contributed by atoms with Gasteiger partial charge in [-0.15, -0.1) is 6.42 Å². The molecule has 2 N–H and O–H groups in total. The lowest BCUT2D eigenvalue weighted by atomic mass is 9.98. The second-order valence-corrected chi connectivity index (χ2v) is 7.79. The molecule has 0 atom stereocenters. The van der Waals surface area contributed by atoms with Gasteiger partial charge < -0.3 is 20.1 Å². The average molecular weight is 418 g/mol. The quantitative estimate of drug-likeness (QED) is 0.674. The minimum absolute atomic E-state index is 0.0889. The van der Waals surface area contributed by atoms with E-state index in [1.165, 1.54) is 0 Å². The van der Waals surface area contributed by atoms with E-state index in [-0.39, 0.29) is 19.1 Å². The molecule has 2 aromatic rings. The summed E-state index contributed by atoms with van der Waals surface area (Å²) < 4.78 is 5.51. The zero-order valence-corrected chi connectivity index (χ0v) is 16.8. The Bertz CT molecular complexity index is 1040. The van der Waals surface area contributed by atoms with E-state index in [0.717, 1.165) is 27.2 Å². The smallest absolute Gasteiger partial charge is 0.408 e. The van der Waals surface area contributed by atoms with Gasteiger partial charge >= 0.3 is 12.1 Å². The fourth-order valence-electron chi connectivity index (χ4n) is 4.12. The highest BCUT2D eigenvalue weighted by atomic mass is 16.5. The monoisotopic (exact) mass is 418 g/mol. The Labute approximate surface area is 180 Å². The molecule has 2 amide bonds. The highest BCUT2D eigenvalue weighted by Gasteiger charge is 2.53. The van der Waals surface area contributed by atoms with Gasteiger partial charge in [-0.1, -0.05) is 54.5 Å². The number of carboxylic acid groups (broad SMARTS) is 1. The predicted molar refractivity (Wildman–Crippen MR) is 113 cm³/mol. The van der Waals surface area contributed by atoms with Crippen LogP contribution in [0.25, 0.3) is 11.1 Å². The lowest BCUT2D eigenvalue weighted by molar-refractivity contribution is -0.145. The molecule has 0 radical (unpaired) electrons. The first-order valence-electron chi connectivity index (χ1n) is 10.0. The van der Waals surface area contributed by atoms with E-state index < -0.39 is 30.1 Å². The number of benzene rings is 2. The molecule has 1 fully saturated rings. The molecule has 0 saturated heterocycles. The van der Waals surface area contributed by atoms with Gasteiger partial charge in [0.15, 0.2) is 0 Å². The van der Waals surface area contributed by atoms with Crippen molar-refractivity contribution in [3.8, 4) is 23.5 Å². The van der Waals surface area contributed by atoms with Crippen molar-refractivity contribution in [2.75, 3.05) is 19.7 Å². The Kier molecular flexibility index (Phi) is 5.38. The number of carbonyl (C=O) groups is 3. The molecular weight excluding hydrogens is 396 g/mol. The van der Waals surface area contributed by atoms with Gasteiger partial charge in [-0.3, -0.25) is 9.59 Å². The van der Waals surface area contributed by atoms with Gasteiger partial charge in [0.05, 0.1) is 6.54 Å². The number of fused-ring (bicyclic) bond motifs is 3. The summed E-state index contributed by atoms with van der Waals surface area (Å²) in [5, 5.41) is 11.7.